The zero-order chi connectivity index (χ0) is 21.4. The highest BCUT2D eigenvalue weighted by Gasteiger charge is 2.51. The molecule has 0 unspecified atom stereocenters. The molecular formula is C22H32BNO5. The van der Waals surface area contributed by atoms with Crippen LogP contribution in [0.3, 0.4) is 0 Å². The second kappa shape index (κ2) is 7.73. The Hall–Kier alpha value is -1.91. The SMILES string of the molecule is CC(C)(C)OC(=O)N1CCC[C@@H]1COc1c#cc(B2OC(C)(C)C(C)(C)O2)cc1. The van der Waals surface area contributed by atoms with E-state index in [4.69, 9.17) is 18.8 Å². The van der Waals surface area contributed by atoms with Gasteiger partial charge >= 0.3 is 13.2 Å². The number of rotatable bonds is 4. The molecule has 158 valence electrons. The molecule has 1 aromatic rings. The molecule has 2 heterocycles. The first-order valence-corrected chi connectivity index (χ1v) is 10.3. The number of hydrogen-bond donors (Lipinski definition) is 0. The van der Waals surface area contributed by atoms with Gasteiger partial charge in [-0.1, -0.05) is 6.07 Å². The minimum absolute atomic E-state index is 0.000948. The minimum Gasteiger partial charge on any atom is -0.483 e. The summed E-state index contributed by atoms with van der Waals surface area (Å²) in [6.45, 7) is 14.8. The molecule has 1 amide bonds. The molecule has 0 spiro atoms. The van der Waals surface area contributed by atoms with E-state index in [1.54, 1.807) is 4.90 Å². The minimum atomic E-state index is -0.503. The van der Waals surface area contributed by atoms with Crippen molar-refractivity contribution in [2.24, 2.45) is 0 Å². The topological polar surface area (TPSA) is 57.2 Å². The van der Waals surface area contributed by atoms with Gasteiger partial charge in [0.15, 0.2) is 5.75 Å². The van der Waals surface area contributed by atoms with Gasteiger partial charge in [0.1, 0.15) is 12.2 Å². The highest BCUT2D eigenvalue weighted by Crippen LogP contribution is 2.36. The fourth-order valence-corrected chi connectivity index (χ4v) is 3.33. The van der Waals surface area contributed by atoms with Crippen LogP contribution in [0.25, 0.3) is 0 Å². The lowest BCUT2D eigenvalue weighted by Gasteiger charge is -2.32. The van der Waals surface area contributed by atoms with Crippen LogP contribution in [0, 0.1) is 12.1 Å². The molecule has 0 aliphatic carbocycles. The van der Waals surface area contributed by atoms with E-state index in [0.29, 0.717) is 18.9 Å². The first kappa shape index (κ1) is 21.8. The lowest BCUT2D eigenvalue weighted by atomic mass is 9.80. The molecule has 0 N–H and O–H groups in total. The lowest BCUT2D eigenvalue weighted by molar-refractivity contribution is 0.00578. The molecule has 0 aromatic heterocycles. The largest absolute Gasteiger partial charge is 0.503 e. The average molecular weight is 401 g/mol. The number of amides is 1. The standard InChI is InChI=1S/C22H32BNO5/c1-20(2,3)27-19(25)24-14-8-9-17(24)15-26-18-12-10-16(11-13-18)23-28-21(4,5)22(6,7)29-23/h10,12,17H,8-9,14-15H2,1-7H3/t17-/m1/s1. The van der Waals surface area contributed by atoms with Gasteiger partial charge in [-0.2, -0.15) is 0 Å². The zero-order valence-electron chi connectivity index (χ0n) is 18.6. The summed E-state index contributed by atoms with van der Waals surface area (Å²) in [7, 11) is -0.470. The molecule has 1 aromatic carbocycles. The van der Waals surface area contributed by atoms with Crippen molar-refractivity contribution in [3.05, 3.63) is 24.3 Å². The Labute approximate surface area is 175 Å². The van der Waals surface area contributed by atoms with Gasteiger partial charge < -0.3 is 23.7 Å². The summed E-state index contributed by atoms with van der Waals surface area (Å²) >= 11 is 0. The highest BCUT2D eigenvalue weighted by atomic mass is 16.7. The van der Waals surface area contributed by atoms with Gasteiger partial charge in [0.05, 0.1) is 17.2 Å². The Morgan fingerprint density at radius 1 is 1.21 bits per heavy atom. The van der Waals surface area contributed by atoms with Crippen LogP contribution in [0.5, 0.6) is 5.75 Å². The lowest BCUT2D eigenvalue weighted by Crippen LogP contribution is -2.42. The molecule has 6 nitrogen and oxygen atoms in total. The quantitative estimate of drug-likeness (QED) is 0.725. The number of carbonyl (C=O) groups excluding carboxylic acids is 1. The number of hydrogen-bond acceptors (Lipinski definition) is 5. The Morgan fingerprint density at radius 3 is 2.41 bits per heavy atom. The molecule has 29 heavy (non-hydrogen) atoms. The van der Waals surface area contributed by atoms with Crippen LogP contribution >= 0.6 is 0 Å². The van der Waals surface area contributed by atoms with E-state index in [2.05, 4.69) is 12.1 Å². The number of nitrogens with zero attached hydrogens (tertiary/aromatic N) is 1. The Kier molecular flexibility index (Phi) is 5.81. The molecule has 0 radical (unpaired) electrons. The van der Waals surface area contributed by atoms with E-state index < -0.39 is 23.9 Å². The second-order valence-corrected chi connectivity index (χ2v) is 9.77. The van der Waals surface area contributed by atoms with Crippen LogP contribution < -0.4 is 10.2 Å². The normalized spacial score (nSPS) is 23.1. The first-order chi connectivity index (χ1) is 13.4. The van der Waals surface area contributed by atoms with Gasteiger partial charge in [-0.15, -0.1) is 0 Å². The monoisotopic (exact) mass is 401 g/mol. The van der Waals surface area contributed by atoms with Crippen molar-refractivity contribution in [3.63, 3.8) is 0 Å². The van der Waals surface area contributed by atoms with Gasteiger partial charge in [-0.05, 0) is 79.5 Å². The van der Waals surface area contributed by atoms with Gasteiger partial charge in [0, 0.05) is 12.0 Å². The Bertz CT molecular complexity index is 710. The second-order valence-electron chi connectivity index (χ2n) is 9.77. The zero-order valence-corrected chi connectivity index (χ0v) is 18.6. The van der Waals surface area contributed by atoms with Crippen molar-refractivity contribution in [2.45, 2.75) is 84.2 Å². The summed E-state index contributed by atoms with van der Waals surface area (Å²) in [5.74, 6) is 0.585. The summed E-state index contributed by atoms with van der Waals surface area (Å²) < 4.78 is 23.5. The Morgan fingerprint density at radius 2 is 1.86 bits per heavy atom. The van der Waals surface area contributed by atoms with Crippen molar-refractivity contribution in [1.29, 1.82) is 0 Å². The van der Waals surface area contributed by atoms with Crippen molar-refractivity contribution in [1.82, 2.24) is 4.90 Å². The fourth-order valence-electron chi connectivity index (χ4n) is 3.33. The van der Waals surface area contributed by atoms with E-state index in [1.165, 1.54) is 0 Å². The van der Waals surface area contributed by atoms with Gasteiger partial charge in [-0.25, -0.2) is 4.79 Å². The van der Waals surface area contributed by atoms with Crippen LogP contribution in [-0.2, 0) is 14.0 Å². The molecule has 1 atom stereocenters. The third kappa shape index (κ3) is 4.99. The third-order valence-electron chi connectivity index (χ3n) is 5.69. The summed E-state index contributed by atoms with van der Waals surface area (Å²) in [5.41, 5.74) is -0.507. The summed E-state index contributed by atoms with van der Waals surface area (Å²) in [6.07, 6.45) is 1.56. The van der Waals surface area contributed by atoms with Crippen molar-refractivity contribution in [3.8, 4) is 5.75 Å². The van der Waals surface area contributed by atoms with Crippen LogP contribution in [0.2, 0.25) is 0 Å². The maximum absolute atomic E-state index is 12.4. The fraction of sp³-hybridized carbons (Fsp3) is 0.682. The van der Waals surface area contributed by atoms with Crippen molar-refractivity contribution in [2.75, 3.05) is 13.2 Å². The van der Waals surface area contributed by atoms with E-state index >= 15 is 0 Å². The van der Waals surface area contributed by atoms with Crippen LogP contribution in [-0.4, -0.2) is 54.1 Å². The van der Waals surface area contributed by atoms with Crippen LogP contribution in [0.4, 0.5) is 4.79 Å². The first-order valence-electron chi connectivity index (χ1n) is 10.3. The van der Waals surface area contributed by atoms with E-state index in [-0.39, 0.29) is 12.1 Å². The van der Waals surface area contributed by atoms with Crippen molar-refractivity contribution < 1.29 is 23.6 Å². The average Bonchev–Trinajstić information content (AvgIpc) is 3.14. The summed E-state index contributed by atoms with van der Waals surface area (Å²) in [4.78, 5) is 14.1. The van der Waals surface area contributed by atoms with Crippen molar-refractivity contribution >= 4 is 18.7 Å². The van der Waals surface area contributed by atoms with E-state index in [9.17, 15) is 4.79 Å². The van der Waals surface area contributed by atoms with Gasteiger partial charge in [-0.3, -0.25) is 0 Å². The molecule has 3 rings (SSSR count). The molecular weight excluding hydrogens is 369 g/mol. The van der Waals surface area contributed by atoms with Gasteiger partial charge in [0.25, 0.3) is 0 Å². The molecule has 7 heteroatoms. The predicted octanol–water partition coefficient (Wildman–Crippen LogP) is 3.36. The number of carbonyl (C=O) groups is 1. The molecule has 0 bridgehead atoms. The summed E-state index contributed by atoms with van der Waals surface area (Å²) in [6, 6.07) is 9.84. The molecule has 2 fully saturated rings. The smallest absolute Gasteiger partial charge is 0.483 e. The van der Waals surface area contributed by atoms with E-state index in [1.807, 2.05) is 60.6 Å². The van der Waals surface area contributed by atoms with E-state index in [0.717, 1.165) is 18.3 Å². The number of ether oxygens (including phenoxy) is 2. The highest BCUT2D eigenvalue weighted by molar-refractivity contribution is 6.61. The molecule has 2 saturated heterocycles. The predicted molar refractivity (Wildman–Crippen MR) is 111 cm³/mol. The molecule has 2 aliphatic rings. The summed E-state index contributed by atoms with van der Waals surface area (Å²) in [5, 5.41) is 0. The third-order valence-corrected chi connectivity index (χ3v) is 5.69. The molecule has 0 saturated carbocycles. The number of likely N-dealkylation sites (tertiary alicyclic amines) is 1. The van der Waals surface area contributed by atoms with Crippen LogP contribution in [0.1, 0.15) is 61.3 Å². The molecule has 2 aliphatic heterocycles. The maximum atomic E-state index is 12.4. The van der Waals surface area contributed by atoms with Gasteiger partial charge in [0.2, 0.25) is 0 Å². The van der Waals surface area contributed by atoms with Crippen LogP contribution in [0.15, 0.2) is 12.1 Å². The Balaban J connectivity index is 1.56. The maximum Gasteiger partial charge on any atom is 0.503 e.